The molecule has 1 N–H and O–H groups in total. The molecule has 1 aliphatic rings. The second-order valence-electron chi connectivity index (χ2n) is 6.36. The van der Waals surface area contributed by atoms with E-state index in [2.05, 4.69) is 29.2 Å². The molecule has 1 amide bonds. The normalized spacial score (nSPS) is 20.2. The van der Waals surface area contributed by atoms with E-state index in [-0.39, 0.29) is 11.9 Å². The number of amides is 1. The minimum Gasteiger partial charge on any atom is -0.383 e. The fraction of sp³-hybridized carbons (Fsp3) is 0.750. The molecule has 1 atom stereocenters. The Morgan fingerprint density at radius 3 is 3.05 bits per heavy atom. The summed E-state index contributed by atoms with van der Waals surface area (Å²) in [4.78, 5) is 14.6. The molecule has 1 aromatic heterocycles. The monoisotopic (exact) mass is 308 g/mol. The number of methoxy groups -OCH3 is 1. The molecule has 1 saturated heterocycles. The first-order valence-corrected chi connectivity index (χ1v) is 8.12. The van der Waals surface area contributed by atoms with Crippen LogP contribution in [0.3, 0.4) is 0 Å². The van der Waals surface area contributed by atoms with Crippen LogP contribution in [-0.4, -0.2) is 53.4 Å². The molecule has 1 aromatic rings. The molecule has 22 heavy (non-hydrogen) atoms. The predicted octanol–water partition coefficient (Wildman–Crippen LogP) is 1.27. The van der Waals surface area contributed by atoms with Crippen LogP contribution < -0.4 is 5.32 Å². The maximum Gasteiger partial charge on any atom is 0.237 e. The molecule has 0 radical (unpaired) electrons. The number of hydrogen-bond donors (Lipinski definition) is 1. The van der Waals surface area contributed by atoms with Gasteiger partial charge in [0, 0.05) is 38.5 Å². The first-order valence-electron chi connectivity index (χ1n) is 8.12. The Kier molecular flexibility index (Phi) is 6.39. The molecule has 0 spiro atoms. The van der Waals surface area contributed by atoms with Gasteiger partial charge < -0.3 is 10.1 Å². The number of carbonyl (C=O) groups excluding carboxylic acids is 1. The zero-order chi connectivity index (χ0) is 15.9. The maximum atomic E-state index is 12.3. The van der Waals surface area contributed by atoms with E-state index in [0.717, 1.165) is 44.6 Å². The lowest BCUT2D eigenvalue weighted by Crippen LogP contribution is -2.44. The summed E-state index contributed by atoms with van der Waals surface area (Å²) >= 11 is 0. The molecule has 0 saturated carbocycles. The van der Waals surface area contributed by atoms with Crippen molar-refractivity contribution in [2.24, 2.45) is 5.92 Å². The summed E-state index contributed by atoms with van der Waals surface area (Å²) in [6.45, 7) is 8.24. The van der Waals surface area contributed by atoms with Gasteiger partial charge in [0.25, 0.3) is 0 Å². The first kappa shape index (κ1) is 17.0. The van der Waals surface area contributed by atoms with Crippen molar-refractivity contribution in [3.8, 4) is 0 Å². The molecule has 1 fully saturated rings. The zero-order valence-corrected chi connectivity index (χ0v) is 13.9. The van der Waals surface area contributed by atoms with Crippen LogP contribution in [-0.2, 0) is 22.6 Å². The number of nitrogens with one attached hydrogen (secondary N) is 1. The molecule has 1 aliphatic heterocycles. The third-order valence-electron chi connectivity index (χ3n) is 3.96. The highest BCUT2D eigenvalue weighted by atomic mass is 16.5. The average molecular weight is 308 g/mol. The van der Waals surface area contributed by atoms with Gasteiger partial charge in [-0.3, -0.25) is 14.4 Å². The summed E-state index contributed by atoms with van der Waals surface area (Å²) in [6.07, 6.45) is 5.83. The van der Waals surface area contributed by atoms with E-state index in [4.69, 9.17) is 4.74 Å². The largest absolute Gasteiger partial charge is 0.383 e. The first-order chi connectivity index (χ1) is 10.6. The summed E-state index contributed by atoms with van der Waals surface area (Å²) in [7, 11) is 1.69. The summed E-state index contributed by atoms with van der Waals surface area (Å²) in [5.74, 6) is 0.666. The minimum atomic E-state index is -0.0372. The minimum absolute atomic E-state index is 0.0372. The number of rotatable bonds is 7. The van der Waals surface area contributed by atoms with Crippen molar-refractivity contribution >= 4 is 5.91 Å². The summed E-state index contributed by atoms with van der Waals surface area (Å²) in [6, 6.07) is -0.0372. The van der Waals surface area contributed by atoms with Gasteiger partial charge in [-0.05, 0) is 18.8 Å². The maximum absolute atomic E-state index is 12.3. The molecule has 2 rings (SSSR count). The quantitative estimate of drug-likeness (QED) is 0.824. The van der Waals surface area contributed by atoms with Crippen molar-refractivity contribution in [2.45, 2.75) is 45.8 Å². The Labute approximate surface area is 132 Å². The molecule has 0 aliphatic carbocycles. The van der Waals surface area contributed by atoms with Crippen molar-refractivity contribution in [1.29, 1.82) is 0 Å². The summed E-state index contributed by atoms with van der Waals surface area (Å²) < 4.78 is 6.97. The van der Waals surface area contributed by atoms with Crippen molar-refractivity contribution in [3.05, 3.63) is 18.0 Å². The van der Waals surface area contributed by atoms with E-state index in [1.807, 2.05) is 17.1 Å². The van der Waals surface area contributed by atoms with Gasteiger partial charge in [0.2, 0.25) is 5.91 Å². The van der Waals surface area contributed by atoms with Crippen LogP contribution in [0.15, 0.2) is 12.4 Å². The van der Waals surface area contributed by atoms with Crippen LogP contribution in [0.4, 0.5) is 0 Å². The van der Waals surface area contributed by atoms with Gasteiger partial charge in [-0.1, -0.05) is 13.8 Å². The lowest BCUT2D eigenvalue weighted by Gasteiger charge is -2.29. The molecule has 6 nitrogen and oxygen atoms in total. The molecule has 6 heteroatoms. The van der Waals surface area contributed by atoms with Crippen LogP contribution >= 0.6 is 0 Å². The highest BCUT2D eigenvalue weighted by molar-refractivity contribution is 5.81. The molecule has 124 valence electrons. The topological polar surface area (TPSA) is 59.4 Å². The van der Waals surface area contributed by atoms with Crippen LogP contribution in [0.5, 0.6) is 0 Å². The number of aromatic nitrogens is 2. The molecule has 1 unspecified atom stereocenters. The number of ether oxygens (including phenoxy) is 1. The smallest absolute Gasteiger partial charge is 0.237 e. The van der Waals surface area contributed by atoms with E-state index in [1.165, 1.54) is 0 Å². The van der Waals surface area contributed by atoms with Crippen molar-refractivity contribution in [3.63, 3.8) is 0 Å². The lowest BCUT2D eigenvalue weighted by molar-refractivity contribution is -0.126. The van der Waals surface area contributed by atoms with Crippen LogP contribution in [0.1, 0.15) is 32.3 Å². The Morgan fingerprint density at radius 1 is 1.50 bits per heavy atom. The third-order valence-corrected chi connectivity index (χ3v) is 3.96. The van der Waals surface area contributed by atoms with Gasteiger partial charge in [-0.25, -0.2) is 0 Å². The van der Waals surface area contributed by atoms with Crippen LogP contribution in [0.2, 0.25) is 0 Å². The highest BCUT2D eigenvalue weighted by Crippen LogP contribution is 2.17. The Morgan fingerprint density at radius 2 is 2.32 bits per heavy atom. The Balaban J connectivity index is 2.03. The van der Waals surface area contributed by atoms with Gasteiger partial charge in [0.05, 0.1) is 25.4 Å². The van der Waals surface area contributed by atoms with Crippen LogP contribution in [0, 0.1) is 5.92 Å². The lowest BCUT2D eigenvalue weighted by atomic mass is 10.0. The average Bonchev–Trinajstić information content (AvgIpc) is 2.86. The molecular weight excluding hydrogens is 280 g/mol. The summed E-state index contributed by atoms with van der Waals surface area (Å²) in [5.41, 5.74) is 1.15. The van der Waals surface area contributed by atoms with Gasteiger partial charge >= 0.3 is 0 Å². The summed E-state index contributed by atoms with van der Waals surface area (Å²) in [5, 5.41) is 7.39. The van der Waals surface area contributed by atoms with Gasteiger partial charge in [-0.2, -0.15) is 5.10 Å². The fourth-order valence-electron chi connectivity index (χ4n) is 2.85. The van der Waals surface area contributed by atoms with Crippen molar-refractivity contribution in [2.75, 3.05) is 26.8 Å². The van der Waals surface area contributed by atoms with Gasteiger partial charge in [0.1, 0.15) is 0 Å². The Bertz CT molecular complexity index is 472. The van der Waals surface area contributed by atoms with E-state index < -0.39 is 0 Å². The van der Waals surface area contributed by atoms with Crippen molar-refractivity contribution < 1.29 is 9.53 Å². The number of carbonyl (C=O) groups is 1. The van der Waals surface area contributed by atoms with E-state index in [9.17, 15) is 4.79 Å². The molecule has 0 bridgehead atoms. The van der Waals surface area contributed by atoms with Gasteiger partial charge in [-0.15, -0.1) is 0 Å². The molecule has 0 aromatic carbocycles. The second-order valence-corrected chi connectivity index (χ2v) is 6.36. The molecular formula is C16H28N4O2. The third kappa shape index (κ3) is 4.81. The SMILES string of the molecule is COCCn1cc(CN2CCCNC(=O)C2CC(C)C)cn1. The standard InChI is InChI=1S/C16H28N4O2/c1-13(2)9-15-16(21)17-5-4-6-19(15)11-14-10-18-20(12-14)7-8-22-3/h10,12-13,15H,4-9,11H2,1-3H3,(H,17,21). The van der Waals surface area contributed by atoms with Gasteiger partial charge in [0.15, 0.2) is 0 Å². The second kappa shape index (κ2) is 8.29. The van der Waals surface area contributed by atoms with E-state index in [1.54, 1.807) is 7.11 Å². The number of nitrogens with zero attached hydrogens (tertiary/aromatic N) is 3. The Hall–Kier alpha value is -1.40. The van der Waals surface area contributed by atoms with E-state index in [0.29, 0.717) is 12.5 Å². The van der Waals surface area contributed by atoms with Crippen LogP contribution in [0.25, 0.3) is 0 Å². The van der Waals surface area contributed by atoms with Crippen molar-refractivity contribution in [1.82, 2.24) is 20.0 Å². The highest BCUT2D eigenvalue weighted by Gasteiger charge is 2.28. The molecule has 2 heterocycles. The predicted molar refractivity (Wildman–Crippen MR) is 85.4 cm³/mol. The zero-order valence-electron chi connectivity index (χ0n) is 13.9. The van der Waals surface area contributed by atoms with E-state index >= 15 is 0 Å². The number of hydrogen-bond acceptors (Lipinski definition) is 4. The fourth-order valence-corrected chi connectivity index (χ4v) is 2.85.